The molecule has 4 N–H and O–H groups in total. The average Bonchev–Trinajstić information content (AvgIpc) is 3.23. The lowest BCUT2D eigenvalue weighted by molar-refractivity contribution is -0.139. The van der Waals surface area contributed by atoms with E-state index < -0.39 is 23.5 Å². The maximum atomic E-state index is 14.4. The molecule has 3 heterocycles. The fraction of sp³-hybridized carbons (Fsp3) is 0.111. The molecule has 0 fully saturated rings. The third-order valence-electron chi connectivity index (χ3n) is 6.23. The van der Waals surface area contributed by atoms with E-state index in [1.807, 2.05) is 29.9 Å². The van der Waals surface area contributed by atoms with Crippen LogP contribution in [0.3, 0.4) is 0 Å². The Morgan fingerprint density at radius 2 is 1.41 bits per heavy atom. The number of aryl methyl sites for hydroxylation is 1. The molecule has 0 radical (unpaired) electrons. The minimum atomic E-state index is -4.70. The number of benzene rings is 2. The topological polar surface area (TPSA) is 127 Å². The van der Waals surface area contributed by atoms with Crippen molar-refractivity contribution in [1.82, 2.24) is 23.7 Å². The van der Waals surface area contributed by atoms with Crippen molar-refractivity contribution in [1.29, 1.82) is 0 Å². The lowest BCUT2D eigenvalue weighted by Crippen LogP contribution is -2.25. The van der Waals surface area contributed by atoms with Crippen molar-refractivity contribution >= 4 is 28.6 Å². The molecule has 5 aromatic rings. The van der Waals surface area contributed by atoms with Gasteiger partial charge in [-0.1, -0.05) is 18.2 Å². The molecule has 2 aromatic carbocycles. The molecule has 0 saturated heterocycles. The summed E-state index contributed by atoms with van der Waals surface area (Å²) in [5.41, 5.74) is 11.0. The zero-order chi connectivity index (χ0) is 27.9. The van der Waals surface area contributed by atoms with Crippen LogP contribution >= 0.6 is 0 Å². The maximum Gasteiger partial charge on any atom is 0.399 e. The molecule has 1 atom stereocenters. The van der Waals surface area contributed by atoms with Crippen molar-refractivity contribution in [2.45, 2.75) is 12.1 Å². The average molecular weight is 534 g/mol. The van der Waals surface area contributed by atoms with Gasteiger partial charge in [0.1, 0.15) is 11.6 Å². The first-order chi connectivity index (χ1) is 18.5. The second-order valence-corrected chi connectivity index (χ2v) is 8.92. The molecule has 9 nitrogen and oxygen atoms in total. The van der Waals surface area contributed by atoms with E-state index in [9.17, 15) is 22.8 Å². The SMILES string of the molecule is Cn1ccc2cc(/C=C/C(c3cc(-n4ccc(N)nc4=O)cc(-n4ccc(N)nc4=O)c3)C(F)(F)F)ccc21. The molecule has 39 heavy (non-hydrogen) atoms. The van der Waals surface area contributed by atoms with Crippen LogP contribution < -0.4 is 22.8 Å². The Hall–Kier alpha value is -5.13. The smallest absolute Gasteiger partial charge is 0.383 e. The van der Waals surface area contributed by atoms with Gasteiger partial charge in [0.25, 0.3) is 0 Å². The second-order valence-electron chi connectivity index (χ2n) is 8.92. The van der Waals surface area contributed by atoms with Gasteiger partial charge in [-0.15, -0.1) is 0 Å². The number of nitrogens with zero attached hydrogens (tertiary/aromatic N) is 5. The zero-order valence-electron chi connectivity index (χ0n) is 20.5. The summed E-state index contributed by atoms with van der Waals surface area (Å²) >= 11 is 0. The number of alkyl halides is 3. The lowest BCUT2D eigenvalue weighted by Gasteiger charge is -2.20. The number of anilines is 2. The maximum absolute atomic E-state index is 14.4. The molecule has 0 saturated carbocycles. The van der Waals surface area contributed by atoms with Gasteiger partial charge in [0.15, 0.2) is 0 Å². The molecule has 3 aromatic heterocycles. The number of fused-ring (bicyclic) bond motifs is 1. The molecular weight excluding hydrogens is 511 g/mol. The van der Waals surface area contributed by atoms with E-state index in [0.717, 1.165) is 26.1 Å². The number of allylic oxidation sites excluding steroid dienone is 1. The van der Waals surface area contributed by atoms with Crippen LogP contribution in [0.4, 0.5) is 24.8 Å². The van der Waals surface area contributed by atoms with E-state index in [1.165, 1.54) is 48.8 Å². The minimum absolute atomic E-state index is 0.0435. The molecule has 5 rings (SSSR count). The summed E-state index contributed by atoms with van der Waals surface area (Å²) in [5.74, 6) is -2.16. The number of hydrogen-bond acceptors (Lipinski definition) is 6. The fourth-order valence-electron chi connectivity index (χ4n) is 4.32. The minimum Gasteiger partial charge on any atom is -0.383 e. The van der Waals surface area contributed by atoms with Gasteiger partial charge in [0.05, 0.1) is 17.3 Å². The highest BCUT2D eigenvalue weighted by molar-refractivity contribution is 5.82. The van der Waals surface area contributed by atoms with Crippen LogP contribution in [-0.2, 0) is 7.05 Å². The molecule has 1 unspecified atom stereocenters. The highest BCUT2D eigenvalue weighted by atomic mass is 19.4. The van der Waals surface area contributed by atoms with Crippen LogP contribution in [0.15, 0.2) is 88.9 Å². The fourth-order valence-corrected chi connectivity index (χ4v) is 4.32. The van der Waals surface area contributed by atoms with Crippen molar-refractivity contribution in [3.8, 4) is 11.4 Å². The van der Waals surface area contributed by atoms with Crippen LogP contribution in [0.1, 0.15) is 17.0 Å². The second kappa shape index (κ2) is 9.63. The summed E-state index contributed by atoms with van der Waals surface area (Å²) in [4.78, 5) is 32.4. The van der Waals surface area contributed by atoms with Crippen LogP contribution in [-0.4, -0.2) is 29.8 Å². The predicted molar refractivity (Wildman–Crippen MR) is 143 cm³/mol. The van der Waals surface area contributed by atoms with Crippen molar-refractivity contribution in [3.63, 3.8) is 0 Å². The van der Waals surface area contributed by atoms with E-state index in [4.69, 9.17) is 11.5 Å². The zero-order valence-corrected chi connectivity index (χ0v) is 20.5. The largest absolute Gasteiger partial charge is 0.399 e. The number of halogens is 3. The van der Waals surface area contributed by atoms with Gasteiger partial charge in [0, 0.05) is 36.5 Å². The van der Waals surface area contributed by atoms with Gasteiger partial charge in [0.2, 0.25) is 0 Å². The first-order valence-electron chi connectivity index (χ1n) is 11.7. The summed E-state index contributed by atoms with van der Waals surface area (Å²) in [6, 6.07) is 13.7. The number of hydrogen-bond donors (Lipinski definition) is 2. The summed E-state index contributed by atoms with van der Waals surface area (Å²) in [6.07, 6.45) is 2.20. The van der Waals surface area contributed by atoms with E-state index in [-0.39, 0.29) is 28.6 Å². The molecule has 198 valence electrons. The molecule has 0 aliphatic heterocycles. The van der Waals surface area contributed by atoms with Crippen molar-refractivity contribution in [2.24, 2.45) is 7.05 Å². The first kappa shape index (κ1) is 25.5. The molecule has 0 bridgehead atoms. The van der Waals surface area contributed by atoms with Crippen LogP contribution in [0.2, 0.25) is 0 Å². The summed E-state index contributed by atoms with van der Waals surface area (Å²) in [5, 5.41) is 0.887. The van der Waals surface area contributed by atoms with E-state index in [1.54, 1.807) is 12.1 Å². The Morgan fingerprint density at radius 3 is 1.95 bits per heavy atom. The van der Waals surface area contributed by atoms with Crippen LogP contribution in [0, 0.1) is 0 Å². The highest BCUT2D eigenvalue weighted by Gasteiger charge is 2.39. The van der Waals surface area contributed by atoms with Gasteiger partial charge < -0.3 is 16.0 Å². The first-order valence-corrected chi connectivity index (χ1v) is 11.7. The van der Waals surface area contributed by atoms with Crippen molar-refractivity contribution in [3.05, 3.63) is 111 Å². The molecule has 0 aliphatic rings. The molecule has 0 amide bonds. The normalized spacial score (nSPS) is 12.8. The van der Waals surface area contributed by atoms with Gasteiger partial charge in [-0.25, -0.2) is 9.59 Å². The predicted octanol–water partition coefficient (Wildman–Crippen LogP) is 3.79. The third kappa shape index (κ3) is 5.17. The monoisotopic (exact) mass is 533 g/mol. The molecule has 12 heteroatoms. The van der Waals surface area contributed by atoms with Gasteiger partial charge in [-0.3, -0.25) is 9.13 Å². The standard InChI is InChI=1S/C27H22F3N7O2/c1-35-9-6-17-12-16(3-5-22(17)35)2-4-21(27(28,29)30)18-13-19(36-10-7-23(31)33-25(36)38)15-20(14-18)37-11-8-24(32)34-26(37)39/h2-15,21H,1H3,(H2,31,33,38)(H2,32,34,39)/b4-2+. The van der Waals surface area contributed by atoms with Crippen LogP contribution in [0.25, 0.3) is 28.4 Å². The number of nitrogen functional groups attached to an aromatic ring is 2. The molecular formula is C27H22F3N7O2. The van der Waals surface area contributed by atoms with E-state index in [2.05, 4.69) is 9.97 Å². The Morgan fingerprint density at radius 1 is 0.821 bits per heavy atom. The Labute approximate surface area is 219 Å². The molecule has 0 spiro atoms. The van der Waals surface area contributed by atoms with E-state index in [0.29, 0.717) is 5.56 Å². The van der Waals surface area contributed by atoms with Gasteiger partial charge >= 0.3 is 17.6 Å². The Bertz CT molecular complexity index is 1770. The van der Waals surface area contributed by atoms with Crippen LogP contribution in [0.5, 0.6) is 0 Å². The highest BCUT2D eigenvalue weighted by Crippen LogP contribution is 2.38. The summed E-state index contributed by atoms with van der Waals surface area (Å²) < 4.78 is 47.3. The van der Waals surface area contributed by atoms with E-state index >= 15 is 0 Å². The number of rotatable bonds is 5. The quantitative estimate of drug-likeness (QED) is 0.354. The summed E-state index contributed by atoms with van der Waals surface area (Å²) in [7, 11) is 1.88. The number of aromatic nitrogens is 5. The van der Waals surface area contributed by atoms with Crippen molar-refractivity contribution in [2.75, 3.05) is 11.5 Å². The van der Waals surface area contributed by atoms with Gasteiger partial charge in [-0.05, 0) is 59.7 Å². The number of nitrogens with two attached hydrogens (primary N) is 2. The third-order valence-corrected chi connectivity index (χ3v) is 6.23. The lowest BCUT2D eigenvalue weighted by atomic mass is 9.95. The summed E-state index contributed by atoms with van der Waals surface area (Å²) in [6.45, 7) is 0. The molecule has 0 aliphatic carbocycles. The van der Waals surface area contributed by atoms with Gasteiger partial charge in [-0.2, -0.15) is 23.1 Å². The van der Waals surface area contributed by atoms with Crippen molar-refractivity contribution < 1.29 is 13.2 Å². The Kier molecular flexibility index (Phi) is 6.30. The Balaban J connectivity index is 1.67.